The lowest BCUT2D eigenvalue weighted by atomic mass is 10.5. The highest BCUT2D eigenvalue weighted by Gasteiger charge is 1.85. The monoisotopic (exact) mass is 123 g/mol. The third-order valence-electron chi connectivity index (χ3n) is 0.921. The molecule has 0 aliphatic heterocycles. The second kappa shape index (κ2) is 2.31. The minimum Gasteiger partial charge on any atom is -0.504 e. The van der Waals surface area contributed by atoms with Crippen molar-refractivity contribution in [2.45, 2.75) is 0 Å². The molecule has 1 rings (SSSR count). The Labute approximate surface area is 53.8 Å². The molecule has 2 nitrogen and oxygen atoms in total. The first-order chi connectivity index (χ1) is 4.70. The number of hydrogen-bond donors (Lipinski definition) is 1. The first-order valence-corrected chi connectivity index (χ1v) is 2.50. The van der Waals surface area contributed by atoms with Crippen LogP contribution in [0.3, 0.4) is 0 Å². The largest absolute Gasteiger partial charge is 0.504 e. The minimum atomic E-state index is -0.460. The molecule has 0 heterocycles. The molecule has 0 saturated heterocycles. The predicted octanol–water partition coefficient (Wildman–Crippen LogP) is 0.752. The van der Waals surface area contributed by atoms with Crippen LogP contribution in [0, 0.1) is 0 Å². The van der Waals surface area contributed by atoms with Gasteiger partial charge in [-0.15, -0.1) is 0 Å². The molecular weight excluding hydrogens is 116 g/mol. The Hall–Kier alpha value is -1.31. The molecule has 0 radical (unpaired) electrons. The number of hydrogen-bond acceptors (Lipinski definition) is 2. The molecule has 1 aromatic rings. The van der Waals surface area contributed by atoms with Crippen LogP contribution in [-0.4, -0.2) is 5.11 Å². The van der Waals surface area contributed by atoms with Crippen molar-refractivity contribution in [3.8, 4) is 5.75 Å². The summed E-state index contributed by atoms with van der Waals surface area (Å²) in [7, 11) is 0. The quantitative estimate of drug-likeness (QED) is 0.552. The lowest BCUT2D eigenvalue weighted by Crippen LogP contribution is -1.90. The van der Waals surface area contributed by atoms with Crippen LogP contribution in [0.25, 0.3) is 0 Å². The standard InChI is InChI=1S/C7H6O2/c8-6-4-2-1-3-5-7(6)9/h1-5H,(H,8,9)/i1D. The van der Waals surface area contributed by atoms with Gasteiger partial charge in [0, 0.05) is 0 Å². The van der Waals surface area contributed by atoms with Crippen LogP contribution in [0.5, 0.6) is 5.75 Å². The van der Waals surface area contributed by atoms with Gasteiger partial charge in [0.05, 0.1) is 1.37 Å². The van der Waals surface area contributed by atoms with Gasteiger partial charge >= 0.3 is 0 Å². The molecule has 0 spiro atoms. The van der Waals surface area contributed by atoms with Gasteiger partial charge < -0.3 is 5.11 Å². The van der Waals surface area contributed by atoms with Crippen molar-refractivity contribution in [2.24, 2.45) is 0 Å². The van der Waals surface area contributed by atoms with E-state index in [9.17, 15) is 4.79 Å². The molecule has 0 atom stereocenters. The summed E-state index contributed by atoms with van der Waals surface area (Å²) >= 11 is 0. The molecule has 46 valence electrons. The Morgan fingerprint density at radius 1 is 1.44 bits per heavy atom. The van der Waals surface area contributed by atoms with E-state index in [4.69, 9.17) is 6.48 Å². The van der Waals surface area contributed by atoms with Gasteiger partial charge in [0.15, 0.2) is 5.75 Å². The van der Waals surface area contributed by atoms with Crippen LogP contribution in [0.4, 0.5) is 0 Å². The molecule has 0 unspecified atom stereocenters. The maximum atomic E-state index is 10.6. The summed E-state index contributed by atoms with van der Waals surface area (Å²) in [5.74, 6) is -0.321. The number of rotatable bonds is 0. The van der Waals surface area contributed by atoms with Crippen molar-refractivity contribution in [3.63, 3.8) is 0 Å². The summed E-state index contributed by atoms with van der Waals surface area (Å²) in [6.07, 6.45) is 0. The van der Waals surface area contributed by atoms with E-state index in [1.54, 1.807) is 0 Å². The average Bonchev–Trinajstić information content (AvgIpc) is 2.04. The average molecular weight is 123 g/mol. The van der Waals surface area contributed by atoms with E-state index < -0.39 is 5.43 Å². The van der Waals surface area contributed by atoms with E-state index >= 15 is 0 Å². The molecule has 0 aliphatic carbocycles. The van der Waals surface area contributed by atoms with Crippen LogP contribution in [-0.2, 0) is 0 Å². The summed E-state index contributed by atoms with van der Waals surface area (Å²) in [4.78, 5) is 10.6. The zero-order valence-electron chi connectivity index (χ0n) is 5.66. The Kier molecular flexibility index (Phi) is 1.17. The fourth-order valence-electron chi connectivity index (χ4n) is 0.474. The third kappa shape index (κ3) is 1.29. The van der Waals surface area contributed by atoms with Crippen molar-refractivity contribution >= 4 is 0 Å². The second-order valence-corrected chi connectivity index (χ2v) is 1.58. The van der Waals surface area contributed by atoms with E-state index in [1.807, 2.05) is 0 Å². The molecule has 9 heavy (non-hydrogen) atoms. The summed E-state index contributed by atoms with van der Waals surface area (Å²) < 4.78 is 7.06. The van der Waals surface area contributed by atoms with Gasteiger partial charge in [0.1, 0.15) is 0 Å². The highest BCUT2D eigenvalue weighted by Crippen LogP contribution is 1.93. The smallest absolute Gasteiger partial charge is 0.220 e. The van der Waals surface area contributed by atoms with Crippen molar-refractivity contribution in [1.29, 1.82) is 0 Å². The Morgan fingerprint density at radius 2 is 2.11 bits per heavy atom. The molecule has 0 aromatic heterocycles. The Balaban J connectivity index is 3.43. The van der Waals surface area contributed by atoms with Gasteiger partial charge in [-0.05, 0) is 12.1 Å². The molecule has 1 aromatic carbocycles. The summed E-state index contributed by atoms with van der Waals surface area (Å²) in [6.45, 7) is 0. The normalized spacial score (nSPS) is 10.4. The number of aromatic hydroxyl groups is 1. The van der Waals surface area contributed by atoms with E-state index in [-0.39, 0.29) is 11.8 Å². The van der Waals surface area contributed by atoms with Crippen LogP contribution < -0.4 is 5.43 Å². The van der Waals surface area contributed by atoms with Crippen molar-refractivity contribution in [3.05, 3.63) is 40.5 Å². The van der Waals surface area contributed by atoms with Crippen LogP contribution in [0.15, 0.2) is 35.1 Å². The molecule has 1 N–H and O–H groups in total. The molecule has 0 fully saturated rings. The van der Waals surface area contributed by atoms with Crippen molar-refractivity contribution in [2.75, 3.05) is 0 Å². The van der Waals surface area contributed by atoms with Crippen molar-refractivity contribution in [1.82, 2.24) is 0 Å². The SMILES string of the molecule is [2H]c1ccc(O)c(=O)cc1. The predicted molar refractivity (Wildman–Crippen MR) is 34.4 cm³/mol. The van der Waals surface area contributed by atoms with E-state index in [1.165, 1.54) is 18.2 Å². The van der Waals surface area contributed by atoms with Gasteiger partial charge in [-0.3, -0.25) is 4.79 Å². The topological polar surface area (TPSA) is 37.3 Å². The van der Waals surface area contributed by atoms with Crippen molar-refractivity contribution < 1.29 is 6.48 Å². The Morgan fingerprint density at radius 3 is 2.89 bits per heavy atom. The second-order valence-electron chi connectivity index (χ2n) is 1.58. The highest BCUT2D eigenvalue weighted by molar-refractivity contribution is 5.17. The van der Waals surface area contributed by atoms with E-state index in [0.29, 0.717) is 0 Å². The fourth-order valence-corrected chi connectivity index (χ4v) is 0.474. The van der Waals surface area contributed by atoms with Crippen LogP contribution in [0.1, 0.15) is 1.37 Å². The summed E-state index contributed by atoms with van der Waals surface area (Å²) in [5.41, 5.74) is -0.460. The third-order valence-corrected chi connectivity index (χ3v) is 0.921. The van der Waals surface area contributed by atoms with E-state index in [0.717, 1.165) is 6.07 Å². The van der Waals surface area contributed by atoms with E-state index in [2.05, 4.69) is 0 Å². The maximum absolute atomic E-state index is 10.6. The van der Waals surface area contributed by atoms with Crippen LogP contribution >= 0.6 is 0 Å². The lowest BCUT2D eigenvalue weighted by Gasteiger charge is -1.74. The van der Waals surface area contributed by atoms with Crippen LogP contribution in [0.2, 0.25) is 0 Å². The van der Waals surface area contributed by atoms with Gasteiger partial charge in [-0.25, -0.2) is 0 Å². The maximum Gasteiger partial charge on any atom is 0.220 e. The molecular formula is C7H6O2. The fraction of sp³-hybridized carbons (Fsp3) is 0. The van der Waals surface area contributed by atoms with Gasteiger partial charge in [-0.1, -0.05) is 18.2 Å². The van der Waals surface area contributed by atoms with Gasteiger partial charge in [0.2, 0.25) is 5.43 Å². The zero-order valence-corrected chi connectivity index (χ0v) is 4.66. The molecule has 0 saturated carbocycles. The zero-order chi connectivity index (χ0) is 7.56. The molecule has 2 heteroatoms. The Bertz CT molecular complexity index is 296. The first kappa shape index (κ1) is 4.56. The van der Waals surface area contributed by atoms with Gasteiger partial charge in [-0.2, -0.15) is 0 Å². The van der Waals surface area contributed by atoms with Gasteiger partial charge in [0.25, 0.3) is 0 Å². The molecule has 0 aliphatic rings. The minimum absolute atomic E-state index is 0.206. The first-order valence-electron chi connectivity index (χ1n) is 3.00. The summed E-state index contributed by atoms with van der Waals surface area (Å²) in [5, 5.41) is 8.81. The molecule has 0 bridgehead atoms. The molecule has 0 amide bonds. The highest BCUT2D eigenvalue weighted by atomic mass is 16.3. The summed E-state index contributed by atoms with van der Waals surface area (Å²) in [6, 6.07) is 5.28. The lowest BCUT2D eigenvalue weighted by molar-refractivity contribution is 0.471.